The van der Waals surface area contributed by atoms with Crippen LogP contribution in [-0.4, -0.2) is 36.0 Å². The van der Waals surface area contributed by atoms with Crippen LogP contribution in [0.2, 0.25) is 0 Å². The fourth-order valence-electron chi connectivity index (χ4n) is 2.72. The van der Waals surface area contributed by atoms with E-state index < -0.39 is 29.4 Å². The molecule has 10 nitrogen and oxygen atoms in total. The number of esters is 2. The van der Waals surface area contributed by atoms with Gasteiger partial charge in [-0.05, 0) is 30.7 Å². The monoisotopic (exact) mass is 470 g/mol. The second kappa shape index (κ2) is 10.9. The number of hydrogen-bond acceptors (Lipinski definition) is 9. The van der Waals surface area contributed by atoms with Crippen molar-refractivity contribution in [3.8, 4) is 11.3 Å². The Kier molecular flexibility index (Phi) is 7.71. The van der Waals surface area contributed by atoms with Crippen LogP contribution in [-0.2, 0) is 19.1 Å². The van der Waals surface area contributed by atoms with Crippen LogP contribution >= 0.6 is 11.3 Å². The molecule has 0 aliphatic rings. The number of non-ortho nitro benzene ring substituents is 1. The van der Waals surface area contributed by atoms with Gasteiger partial charge in [0.05, 0.1) is 17.8 Å². The zero-order valence-corrected chi connectivity index (χ0v) is 18.1. The van der Waals surface area contributed by atoms with Gasteiger partial charge in [-0.2, -0.15) is 0 Å². The number of amides is 1. The molecular weight excluding hydrogens is 452 g/mol. The minimum atomic E-state index is -0.815. The highest BCUT2D eigenvalue weighted by atomic mass is 32.1. The van der Waals surface area contributed by atoms with Gasteiger partial charge in [-0.3, -0.25) is 14.9 Å². The van der Waals surface area contributed by atoms with Crippen molar-refractivity contribution >= 4 is 45.9 Å². The molecule has 0 spiro atoms. The molecule has 0 aliphatic heterocycles. The maximum Gasteiger partial charge on any atom is 0.341 e. The number of carbonyl (C=O) groups excluding carboxylic acids is 3. The Labute approximate surface area is 191 Å². The van der Waals surface area contributed by atoms with Gasteiger partial charge in [-0.15, -0.1) is 11.3 Å². The Morgan fingerprint density at radius 3 is 2.73 bits per heavy atom. The lowest BCUT2D eigenvalue weighted by atomic mass is 10.1. The number of ether oxygens (including phenoxy) is 2. The maximum absolute atomic E-state index is 12.4. The molecule has 0 saturated heterocycles. The highest BCUT2D eigenvalue weighted by molar-refractivity contribution is 7.15. The van der Waals surface area contributed by atoms with Gasteiger partial charge >= 0.3 is 11.9 Å². The summed E-state index contributed by atoms with van der Waals surface area (Å²) < 4.78 is 15.3. The molecule has 0 bridgehead atoms. The lowest BCUT2D eigenvalue weighted by Gasteiger charge is -2.08. The van der Waals surface area contributed by atoms with Crippen molar-refractivity contribution in [1.29, 1.82) is 0 Å². The summed E-state index contributed by atoms with van der Waals surface area (Å²) in [7, 11) is 0. The average Bonchev–Trinajstić information content (AvgIpc) is 3.46. The molecule has 0 aliphatic carbocycles. The van der Waals surface area contributed by atoms with E-state index in [1.807, 2.05) is 0 Å². The molecule has 2 heterocycles. The second-order valence-electron chi connectivity index (χ2n) is 6.39. The second-order valence-corrected chi connectivity index (χ2v) is 7.27. The summed E-state index contributed by atoms with van der Waals surface area (Å²) in [5.41, 5.74) is 0.915. The quantitative estimate of drug-likeness (QED) is 0.212. The normalized spacial score (nSPS) is 10.7. The third kappa shape index (κ3) is 6.14. The number of anilines is 1. The number of nitrogens with one attached hydrogen (secondary N) is 1. The first kappa shape index (κ1) is 23.4. The molecule has 3 rings (SSSR count). The molecular formula is C22H18N2O8S. The van der Waals surface area contributed by atoms with E-state index in [1.165, 1.54) is 30.5 Å². The number of hydrogen-bond donors (Lipinski definition) is 1. The predicted octanol–water partition coefficient (Wildman–Crippen LogP) is 4.29. The molecule has 1 amide bonds. The first-order chi connectivity index (χ1) is 15.9. The molecule has 11 heteroatoms. The smallest absolute Gasteiger partial charge is 0.341 e. The highest BCUT2D eigenvalue weighted by Crippen LogP contribution is 2.36. The van der Waals surface area contributed by atoms with Crippen molar-refractivity contribution in [2.75, 3.05) is 18.5 Å². The van der Waals surface area contributed by atoms with E-state index >= 15 is 0 Å². The number of benzene rings is 1. The van der Waals surface area contributed by atoms with E-state index in [0.29, 0.717) is 16.9 Å². The van der Waals surface area contributed by atoms with Gasteiger partial charge in [0.1, 0.15) is 16.3 Å². The third-order valence-corrected chi connectivity index (χ3v) is 5.04. The third-order valence-electron chi connectivity index (χ3n) is 4.15. The molecule has 0 atom stereocenters. The standard InChI is InChI=1S/C22H18N2O8S/c1-2-30-22(27)20-16(17-7-4-10-31-17)13-33-21(20)23-18(25)12-32-19(26)9-8-14-5-3-6-15(11-14)24(28)29/h3-11,13H,2,12H2,1H3,(H,23,25)/b9-8+. The van der Waals surface area contributed by atoms with E-state index in [0.717, 1.165) is 17.4 Å². The Balaban J connectivity index is 1.63. The molecule has 0 fully saturated rings. The van der Waals surface area contributed by atoms with Crippen LogP contribution in [0.25, 0.3) is 17.4 Å². The zero-order valence-electron chi connectivity index (χ0n) is 17.3. The SMILES string of the molecule is CCOC(=O)c1c(-c2ccco2)csc1NC(=O)COC(=O)/C=C/c1cccc([N+](=O)[O-])c1. The summed E-state index contributed by atoms with van der Waals surface area (Å²) in [6.45, 7) is 1.21. The van der Waals surface area contributed by atoms with Crippen molar-refractivity contribution in [3.63, 3.8) is 0 Å². The number of nitro groups is 1. The van der Waals surface area contributed by atoms with Crippen molar-refractivity contribution in [2.45, 2.75) is 6.92 Å². The molecule has 0 radical (unpaired) electrons. The van der Waals surface area contributed by atoms with Crippen LogP contribution in [0.5, 0.6) is 0 Å². The molecule has 3 aromatic rings. The van der Waals surface area contributed by atoms with E-state index in [4.69, 9.17) is 13.9 Å². The Morgan fingerprint density at radius 2 is 2.03 bits per heavy atom. The molecule has 170 valence electrons. The van der Waals surface area contributed by atoms with Crippen LogP contribution < -0.4 is 5.32 Å². The van der Waals surface area contributed by atoms with Gasteiger partial charge in [-0.1, -0.05) is 12.1 Å². The molecule has 1 N–H and O–H groups in total. The van der Waals surface area contributed by atoms with Gasteiger partial charge in [0.15, 0.2) is 6.61 Å². The lowest BCUT2D eigenvalue weighted by Crippen LogP contribution is -2.21. The van der Waals surface area contributed by atoms with E-state index in [2.05, 4.69) is 5.32 Å². The molecule has 2 aromatic heterocycles. The number of furan rings is 1. The van der Waals surface area contributed by atoms with Crippen molar-refractivity contribution in [2.24, 2.45) is 0 Å². The summed E-state index contributed by atoms with van der Waals surface area (Å²) in [4.78, 5) is 46.9. The summed E-state index contributed by atoms with van der Waals surface area (Å²) in [6.07, 6.45) is 3.85. The first-order valence-corrected chi connectivity index (χ1v) is 10.5. The molecule has 0 saturated carbocycles. The largest absolute Gasteiger partial charge is 0.464 e. The number of thiophene rings is 1. The average molecular weight is 470 g/mol. The van der Waals surface area contributed by atoms with Crippen molar-refractivity contribution in [1.82, 2.24) is 0 Å². The van der Waals surface area contributed by atoms with E-state index in [9.17, 15) is 24.5 Å². The van der Waals surface area contributed by atoms with Crippen LogP contribution in [0.4, 0.5) is 10.7 Å². The van der Waals surface area contributed by atoms with Crippen LogP contribution in [0, 0.1) is 10.1 Å². The number of nitro benzene ring substituents is 1. The summed E-state index contributed by atoms with van der Waals surface area (Å²) in [6, 6.07) is 9.02. The minimum absolute atomic E-state index is 0.118. The van der Waals surface area contributed by atoms with Gasteiger partial charge in [0.25, 0.3) is 11.6 Å². The fourth-order valence-corrected chi connectivity index (χ4v) is 3.68. The van der Waals surface area contributed by atoms with Gasteiger partial charge in [-0.25, -0.2) is 9.59 Å². The van der Waals surface area contributed by atoms with Crippen LogP contribution in [0.1, 0.15) is 22.8 Å². The Morgan fingerprint density at radius 1 is 1.21 bits per heavy atom. The highest BCUT2D eigenvalue weighted by Gasteiger charge is 2.24. The summed E-state index contributed by atoms with van der Waals surface area (Å²) in [5, 5.41) is 15.2. The summed E-state index contributed by atoms with van der Waals surface area (Å²) >= 11 is 1.10. The zero-order chi connectivity index (χ0) is 23.8. The van der Waals surface area contributed by atoms with E-state index in [-0.39, 0.29) is 22.9 Å². The first-order valence-electron chi connectivity index (χ1n) is 9.60. The van der Waals surface area contributed by atoms with Crippen molar-refractivity contribution < 1.29 is 33.2 Å². The topological polar surface area (TPSA) is 138 Å². The maximum atomic E-state index is 12.4. The Hall–Kier alpha value is -4.25. The van der Waals surface area contributed by atoms with Gasteiger partial charge in [0.2, 0.25) is 0 Å². The van der Waals surface area contributed by atoms with Gasteiger partial charge < -0.3 is 19.2 Å². The number of carbonyl (C=O) groups is 3. The molecule has 0 unspecified atom stereocenters. The van der Waals surface area contributed by atoms with Gasteiger partial charge in [0, 0.05) is 29.2 Å². The molecule has 1 aromatic carbocycles. The van der Waals surface area contributed by atoms with Crippen molar-refractivity contribution in [3.05, 3.63) is 75.4 Å². The lowest BCUT2D eigenvalue weighted by molar-refractivity contribution is -0.384. The minimum Gasteiger partial charge on any atom is -0.464 e. The molecule has 33 heavy (non-hydrogen) atoms. The Bertz CT molecular complexity index is 1200. The summed E-state index contributed by atoms with van der Waals surface area (Å²) in [5.74, 6) is -1.67. The fraction of sp³-hybridized carbons (Fsp3) is 0.136. The number of rotatable bonds is 9. The van der Waals surface area contributed by atoms with Crippen LogP contribution in [0.15, 0.2) is 58.5 Å². The van der Waals surface area contributed by atoms with Crippen LogP contribution in [0.3, 0.4) is 0 Å². The number of nitrogens with zero attached hydrogens (tertiary/aromatic N) is 1. The van der Waals surface area contributed by atoms with E-state index in [1.54, 1.807) is 30.5 Å². The predicted molar refractivity (Wildman–Crippen MR) is 120 cm³/mol.